The number of phenolic OH excluding ortho intramolecular Hbond substituents is 1. The zero-order chi connectivity index (χ0) is 9.80. The topological polar surface area (TPSA) is 46.0 Å². The van der Waals surface area contributed by atoms with Crippen LogP contribution in [0.25, 0.3) is 0 Å². The summed E-state index contributed by atoms with van der Waals surface area (Å²) < 4.78 is 0. The molecule has 0 fully saturated rings. The van der Waals surface area contributed by atoms with E-state index in [0.29, 0.717) is 0 Å². The van der Waals surface area contributed by atoms with Crippen molar-refractivity contribution in [2.75, 3.05) is 0 Å². The summed E-state index contributed by atoms with van der Waals surface area (Å²) in [5.74, 6) is 0.279. The third-order valence-electron chi connectivity index (χ3n) is 1.63. The zero-order valence-corrected chi connectivity index (χ0v) is 8.11. The van der Waals surface area contributed by atoms with Crippen LogP contribution in [0.1, 0.15) is 0 Å². The van der Waals surface area contributed by atoms with Gasteiger partial charge in [-0.1, -0.05) is 23.9 Å². The quantitative estimate of drug-likeness (QED) is 0.815. The minimum atomic E-state index is 0.279. The molecule has 1 aromatic heterocycles. The van der Waals surface area contributed by atoms with Crippen LogP contribution in [0.2, 0.25) is 0 Å². The second-order valence-corrected chi connectivity index (χ2v) is 3.76. The molecule has 70 valence electrons. The maximum atomic E-state index is 9.51. The van der Waals surface area contributed by atoms with Crippen molar-refractivity contribution in [1.82, 2.24) is 9.97 Å². The fourth-order valence-electron chi connectivity index (χ4n) is 1.01. The van der Waals surface area contributed by atoms with Crippen LogP contribution in [0.5, 0.6) is 5.75 Å². The highest BCUT2D eigenvalue weighted by atomic mass is 32.2. The molecule has 0 saturated heterocycles. The van der Waals surface area contributed by atoms with Crippen LogP contribution in [-0.4, -0.2) is 15.1 Å². The molecule has 1 heterocycles. The van der Waals surface area contributed by atoms with Gasteiger partial charge in [0.1, 0.15) is 12.1 Å². The number of aromatic nitrogens is 2. The largest absolute Gasteiger partial charge is 0.507 e. The molecule has 0 bridgehead atoms. The van der Waals surface area contributed by atoms with E-state index in [1.165, 1.54) is 18.1 Å². The molecule has 4 heteroatoms. The van der Waals surface area contributed by atoms with Gasteiger partial charge in [0.15, 0.2) is 0 Å². The van der Waals surface area contributed by atoms with Gasteiger partial charge in [-0.05, 0) is 12.1 Å². The predicted octanol–water partition coefficient (Wildman–Crippen LogP) is 2.33. The van der Waals surface area contributed by atoms with Crippen LogP contribution in [0.15, 0.2) is 52.8 Å². The minimum absolute atomic E-state index is 0.279. The van der Waals surface area contributed by atoms with Crippen molar-refractivity contribution in [1.29, 1.82) is 0 Å². The van der Waals surface area contributed by atoms with Crippen molar-refractivity contribution in [3.8, 4) is 5.75 Å². The van der Waals surface area contributed by atoms with Gasteiger partial charge in [-0.3, -0.25) is 0 Å². The lowest BCUT2D eigenvalue weighted by atomic mass is 10.3. The number of hydrogen-bond donors (Lipinski definition) is 1. The van der Waals surface area contributed by atoms with Crippen molar-refractivity contribution in [2.24, 2.45) is 0 Å². The molecule has 0 aliphatic rings. The van der Waals surface area contributed by atoms with E-state index >= 15 is 0 Å². The highest BCUT2D eigenvalue weighted by Crippen LogP contribution is 2.32. The second-order valence-electron chi connectivity index (χ2n) is 2.64. The van der Waals surface area contributed by atoms with E-state index < -0.39 is 0 Å². The number of para-hydroxylation sites is 1. The summed E-state index contributed by atoms with van der Waals surface area (Å²) in [6.45, 7) is 0. The molecule has 3 nitrogen and oxygen atoms in total. The predicted molar refractivity (Wildman–Crippen MR) is 54.3 cm³/mol. The Hall–Kier alpha value is -1.55. The van der Waals surface area contributed by atoms with Crippen LogP contribution in [0.4, 0.5) is 0 Å². The number of nitrogens with zero attached hydrogens (tertiary/aromatic N) is 2. The molecule has 1 N–H and O–H groups in total. The molecule has 0 radical (unpaired) electrons. The highest BCUT2D eigenvalue weighted by molar-refractivity contribution is 7.99. The third kappa shape index (κ3) is 2.03. The van der Waals surface area contributed by atoms with Crippen molar-refractivity contribution >= 4 is 11.8 Å². The normalized spacial score (nSPS) is 10.0. The average Bonchev–Trinajstić information content (AvgIpc) is 2.23. The standard InChI is InChI=1S/C10H8N2OS/c13-9-3-1-2-4-10(9)14-8-5-11-7-12-6-8/h1-7,13H. The van der Waals surface area contributed by atoms with Gasteiger partial charge in [-0.25, -0.2) is 9.97 Å². The molecule has 2 rings (SSSR count). The molecule has 14 heavy (non-hydrogen) atoms. The minimum Gasteiger partial charge on any atom is -0.507 e. The number of aromatic hydroxyl groups is 1. The number of benzene rings is 1. The fourth-order valence-corrected chi connectivity index (χ4v) is 1.81. The van der Waals surface area contributed by atoms with E-state index in [-0.39, 0.29) is 5.75 Å². The van der Waals surface area contributed by atoms with E-state index in [0.717, 1.165) is 9.79 Å². The number of phenols is 1. The molecule has 0 amide bonds. The molecular weight excluding hydrogens is 196 g/mol. The second kappa shape index (κ2) is 4.11. The molecule has 0 aliphatic carbocycles. The lowest BCUT2D eigenvalue weighted by Gasteiger charge is -2.01. The monoisotopic (exact) mass is 204 g/mol. The molecule has 0 saturated carbocycles. The molecule has 2 aromatic rings. The summed E-state index contributed by atoms with van der Waals surface area (Å²) in [6, 6.07) is 7.19. The van der Waals surface area contributed by atoms with E-state index in [1.807, 2.05) is 12.1 Å². The van der Waals surface area contributed by atoms with Crippen molar-refractivity contribution < 1.29 is 5.11 Å². The Morgan fingerprint density at radius 3 is 2.50 bits per heavy atom. The highest BCUT2D eigenvalue weighted by Gasteiger charge is 2.01. The smallest absolute Gasteiger partial charge is 0.129 e. The first kappa shape index (κ1) is 9.02. The van der Waals surface area contributed by atoms with E-state index in [9.17, 15) is 5.11 Å². The molecule has 1 aromatic carbocycles. The summed E-state index contributed by atoms with van der Waals surface area (Å²) in [6.07, 6.45) is 4.91. The first-order chi connectivity index (χ1) is 6.86. The Morgan fingerprint density at radius 1 is 1.07 bits per heavy atom. The van der Waals surface area contributed by atoms with Gasteiger partial charge in [0.05, 0.1) is 4.90 Å². The van der Waals surface area contributed by atoms with Gasteiger partial charge in [-0.15, -0.1) is 0 Å². The van der Waals surface area contributed by atoms with E-state index in [1.54, 1.807) is 24.5 Å². The molecule has 0 aliphatic heterocycles. The molecular formula is C10H8N2OS. The average molecular weight is 204 g/mol. The van der Waals surface area contributed by atoms with Gasteiger partial charge in [0.2, 0.25) is 0 Å². The summed E-state index contributed by atoms with van der Waals surface area (Å²) in [5, 5.41) is 9.51. The maximum Gasteiger partial charge on any atom is 0.129 e. The summed E-state index contributed by atoms with van der Waals surface area (Å²) in [4.78, 5) is 9.51. The molecule has 0 atom stereocenters. The van der Waals surface area contributed by atoms with Crippen molar-refractivity contribution in [2.45, 2.75) is 9.79 Å². The van der Waals surface area contributed by atoms with Gasteiger partial charge >= 0.3 is 0 Å². The number of rotatable bonds is 2. The molecule has 0 spiro atoms. The van der Waals surface area contributed by atoms with E-state index in [4.69, 9.17) is 0 Å². The Balaban J connectivity index is 2.24. The third-order valence-corrected chi connectivity index (χ3v) is 2.64. The van der Waals surface area contributed by atoms with Crippen LogP contribution < -0.4 is 0 Å². The SMILES string of the molecule is Oc1ccccc1Sc1cncnc1. The van der Waals surface area contributed by atoms with Gasteiger partial charge in [0.25, 0.3) is 0 Å². The first-order valence-corrected chi connectivity index (χ1v) is 4.89. The van der Waals surface area contributed by atoms with Crippen LogP contribution in [0, 0.1) is 0 Å². The summed E-state index contributed by atoms with van der Waals surface area (Å²) in [7, 11) is 0. The van der Waals surface area contributed by atoms with Gasteiger partial charge in [-0.2, -0.15) is 0 Å². The van der Waals surface area contributed by atoms with Crippen molar-refractivity contribution in [3.63, 3.8) is 0 Å². The molecule has 0 unspecified atom stereocenters. The zero-order valence-electron chi connectivity index (χ0n) is 7.29. The summed E-state index contributed by atoms with van der Waals surface area (Å²) in [5.41, 5.74) is 0. The summed E-state index contributed by atoms with van der Waals surface area (Å²) >= 11 is 1.44. The lowest BCUT2D eigenvalue weighted by molar-refractivity contribution is 0.462. The van der Waals surface area contributed by atoms with Gasteiger partial charge in [0, 0.05) is 17.3 Å². The fraction of sp³-hybridized carbons (Fsp3) is 0. The first-order valence-electron chi connectivity index (χ1n) is 4.07. The number of hydrogen-bond acceptors (Lipinski definition) is 4. The van der Waals surface area contributed by atoms with Crippen LogP contribution in [0.3, 0.4) is 0 Å². The Morgan fingerprint density at radius 2 is 1.79 bits per heavy atom. The van der Waals surface area contributed by atoms with Crippen LogP contribution in [-0.2, 0) is 0 Å². The van der Waals surface area contributed by atoms with E-state index in [2.05, 4.69) is 9.97 Å². The Kier molecular flexibility index (Phi) is 2.65. The Bertz CT molecular complexity index is 419. The van der Waals surface area contributed by atoms with Gasteiger partial charge < -0.3 is 5.11 Å². The Labute approximate surface area is 85.8 Å². The maximum absolute atomic E-state index is 9.51. The van der Waals surface area contributed by atoms with Crippen LogP contribution >= 0.6 is 11.8 Å². The lowest BCUT2D eigenvalue weighted by Crippen LogP contribution is -1.78. The van der Waals surface area contributed by atoms with Crippen molar-refractivity contribution in [3.05, 3.63) is 43.0 Å².